The molecule has 1 fully saturated rings. The van der Waals surface area contributed by atoms with Crippen molar-refractivity contribution < 1.29 is 4.79 Å². The van der Waals surface area contributed by atoms with Crippen LogP contribution in [0, 0.1) is 0 Å². The number of benzene rings is 2. The van der Waals surface area contributed by atoms with Gasteiger partial charge in [-0.25, -0.2) is 0 Å². The molecule has 1 aliphatic heterocycles. The number of anilines is 1. The van der Waals surface area contributed by atoms with Crippen molar-refractivity contribution in [2.75, 3.05) is 18.0 Å². The first-order valence-electron chi connectivity index (χ1n) is 8.36. The molecule has 0 saturated carbocycles. The fraction of sp³-hybridized carbons (Fsp3) is 0.263. The molecule has 5 heteroatoms. The van der Waals surface area contributed by atoms with E-state index in [0.29, 0.717) is 12.2 Å². The molecule has 1 saturated heterocycles. The van der Waals surface area contributed by atoms with Crippen LogP contribution in [0.1, 0.15) is 28.9 Å². The lowest BCUT2D eigenvalue weighted by Crippen LogP contribution is -2.24. The number of aromatic nitrogens is 2. The topological polar surface area (TPSA) is 61.0 Å². The van der Waals surface area contributed by atoms with Gasteiger partial charge in [0.1, 0.15) is 0 Å². The Morgan fingerprint density at radius 1 is 1.12 bits per heavy atom. The summed E-state index contributed by atoms with van der Waals surface area (Å²) in [4.78, 5) is 14.8. The van der Waals surface area contributed by atoms with Gasteiger partial charge in [0.2, 0.25) is 0 Å². The molecule has 1 aromatic heterocycles. The average Bonchev–Trinajstić information content (AvgIpc) is 3.29. The van der Waals surface area contributed by atoms with Gasteiger partial charge in [-0.15, -0.1) is 0 Å². The van der Waals surface area contributed by atoms with Crippen molar-refractivity contribution in [1.29, 1.82) is 0 Å². The number of H-pyrrole nitrogens is 1. The molecular formula is C19H20N4O. The molecule has 3 aromatic rings. The van der Waals surface area contributed by atoms with E-state index < -0.39 is 0 Å². The molecule has 1 amide bonds. The second-order valence-corrected chi connectivity index (χ2v) is 6.16. The predicted molar refractivity (Wildman–Crippen MR) is 95.2 cm³/mol. The Morgan fingerprint density at radius 3 is 2.83 bits per heavy atom. The predicted octanol–water partition coefficient (Wildman–Crippen LogP) is 3.09. The Kier molecular flexibility index (Phi) is 3.91. The number of aromatic amines is 1. The Labute approximate surface area is 140 Å². The van der Waals surface area contributed by atoms with Gasteiger partial charge in [0, 0.05) is 30.7 Å². The summed E-state index contributed by atoms with van der Waals surface area (Å²) in [7, 11) is 0. The van der Waals surface area contributed by atoms with Crippen LogP contribution >= 0.6 is 0 Å². The van der Waals surface area contributed by atoms with Gasteiger partial charge in [-0.2, -0.15) is 5.10 Å². The third-order valence-electron chi connectivity index (χ3n) is 4.52. The number of amides is 1. The van der Waals surface area contributed by atoms with Crippen molar-refractivity contribution in [3.05, 3.63) is 59.8 Å². The fourth-order valence-electron chi connectivity index (χ4n) is 3.24. The summed E-state index contributed by atoms with van der Waals surface area (Å²) in [6.07, 6.45) is 2.51. The van der Waals surface area contributed by atoms with E-state index in [9.17, 15) is 4.79 Å². The van der Waals surface area contributed by atoms with E-state index in [1.165, 1.54) is 18.5 Å². The minimum Gasteiger partial charge on any atom is -0.372 e. The molecule has 0 radical (unpaired) electrons. The molecule has 0 aliphatic carbocycles. The number of carbonyl (C=O) groups excluding carboxylic acids is 1. The van der Waals surface area contributed by atoms with Gasteiger partial charge in [0.15, 0.2) is 5.69 Å². The Hall–Kier alpha value is -2.82. The normalized spacial score (nSPS) is 14.2. The van der Waals surface area contributed by atoms with Crippen LogP contribution < -0.4 is 10.2 Å². The average molecular weight is 320 g/mol. The first-order valence-corrected chi connectivity index (χ1v) is 8.36. The van der Waals surface area contributed by atoms with Gasteiger partial charge in [-0.05, 0) is 36.6 Å². The van der Waals surface area contributed by atoms with Crippen molar-refractivity contribution in [3.63, 3.8) is 0 Å². The maximum atomic E-state index is 12.4. The summed E-state index contributed by atoms with van der Waals surface area (Å²) in [6, 6.07) is 16.0. The highest BCUT2D eigenvalue weighted by Gasteiger charge is 2.15. The van der Waals surface area contributed by atoms with E-state index in [0.717, 1.165) is 29.6 Å². The minimum atomic E-state index is -0.154. The van der Waals surface area contributed by atoms with E-state index in [4.69, 9.17) is 0 Å². The first-order chi connectivity index (χ1) is 11.8. The van der Waals surface area contributed by atoms with Crippen LogP contribution in [0.3, 0.4) is 0 Å². The largest absolute Gasteiger partial charge is 0.372 e. The smallest absolute Gasteiger partial charge is 0.272 e. The highest BCUT2D eigenvalue weighted by atomic mass is 16.1. The number of nitrogens with one attached hydrogen (secondary N) is 2. The van der Waals surface area contributed by atoms with Gasteiger partial charge < -0.3 is 10.2 Å². The molecular weight excluding hydrogens is 300 g/mol. The summed E-state index contributed by atoms with van der Waals surface area (Å²) >= 11 is 0. The maximum Gasteiger partial charge on any atom is 0.272 e. The molecule has 0 unspecified atom stereocenters. The van der Waals surface area contributed by atoms with Crippen molar-refractivity contribution in [2.24, 2.45) is 0 Å². The lowest BCUT2D eigenvalue weighted by atomic mass is 10.1. The third kappa shape index (κ3) is 2.85. The second kappa shape index (κ2) is 6.35. The quantitative estimate of drug-likeness (QED) is 0.776. The Morgan fingerprint density at radius 2 is 1.96 bits per heavy atom. The molecule has 2 aromatic carbocycles. The Balaban J connectivity index is 1.46. The highest BCUT2D eigenvalue weighted by molar-refractivity contribution is 6.04. The van der Waals surface area contributed by atoms with Crippen LogP contribution in [0.2, 0.25) is 0 Å². The van der Waals surface area contributed by atoms with E-state index >= 15 is 0 Å². The van der Waals surface area contributed by atoms with Crippen molar-refractivity contribution in [1.82, 2.24) is 15.5 Å². The van der Waals surface area contributed by atoms with Gasteiger partial charge >= 0.3 is 0 Å². The van der Waals surface area contributed by atoms with Gasteiger partial charge in [0.25, 0.3) is 5.91 Å². The van der Waals surface area contributed by atoms with E-state index in [1.807, 2.05) is 30.3 Å². The fourth-order valence-corrected chi connectivity index (χ4v) is 3.24. The summed E-state index contributed by atoms with van der Waals surface area (Å²) in [5, 5.41) is 10.9. The third-order valence-corrected chi connectivity index (χ3v) is 4.52. The second-order valence-electron chi connectivity index (χ2n) is 6.16. The van der Waals surface area contributed by atoms with Crippen LogP contribution in [0.4, 0.5) is 5.69 Å². The molecule has 122 valence electrons. The monoisotopic (exact) mass is 320 g/mol. The molecule has 4 rings (SSSR count). The maximum absolute atomic E-state index is 12.4. The molecule has 5 nitrogen and oxygen atoms in total. The van der Waals surface area contributed by atoms with E-state index in [1.54, 1.807) is 0 Å². The van der Waals surface area contributed by atoms with Crippen LogP contribution in [0.5, 0.6) is 0 Å². The summed E-state index contributed by atoms with van der Waals surface area (Å²) in [6.45, 7) is 2.74. The summed E-state index contributed by atoms with van der Waals surface area (Å²) in [5.74, 6) is -0.154. The van der Waals surface area contributed by atoms with Crippen molar-refractivity contribution in [2.45, 2.75) is 19.4 Å². The molecule has 24 heavy (non-hydrogen) atoms. The van der Waals surface area contributed by atoms with E-state index in [-0.39, 0.29) is 5.91 Å². The van der Waals surface area contributed by atoms with Crippen molar-refractivity contribution >= 4 is 22.5 Å². The van der Waals surface area contributed by atoms with Gasteiger partial charge in [-0.3, -0.25) is 9.89 Å². The zero-order valence-electron chi connectivity index (χ0n) is 13.5. The lowest BCUT2D eigenvalue weighted by molar-refractivity contribution is 0.0947. The zero-order chi connectivity index (χ0) is 16.4. The number of hydrogen-bond donors (Lipinski definition) is 2. The number of fused-ring (bicyclic) bond motifs is 1. The zero-order valence-corrected chi connectivity index (χ0v) is 13.5. The highest BCUT2D eigenvalue weighted by Crippen LogP contribution is 2.21. The molecule has 0 atom stereocenters. The molecule has 0 bridgehead atoms. The van der Waals surface area contributed by atoms with Crippen molar-refractivity contribution in [3.8, 4) is 0 Å². The number of rotatable bonds is 4. The number of carbonyl (C=O) groups is 1. The van der Waals surface area contributed by atoms with Gasteiger partial charge in [0.05, 0.1) is 5.52 Å². The Bertz CT molecular complexity index is 864. The molecule has 2 N–H and O–H groups in total. The van der Waals surface area contributed by atoms with Crippen LogP contribution in [0.25, 0.3) is 10.9 Å². The van der Waals surface area contributed by atoms with Gasteiger partial charge in [-0.1, -0.05) is 30.3 Å². The lowest BCUT2D eigenvalue weighted by Gasteiger charge is -2.18. The molecule has 2 heterocycles. The first kappa shape index (κ1) is 14.8. The SMILES string of the molecule is O=C(NCc1cccc(N2CCCC2)c1)c1n[nH]c2ccccc12. The summed E-state index contributed by atoms with van der Waals surface area (Å²) in [5.41, 5.74) is 3.66. The van der Waals surface area contributed by atoms with E-state index in [2.05, 4.69) is 38.6 Å². The number of hydrogen-bond acceptors (Lipinski definition) is 3. The van der Waals surface area contributed by atoms with Crippen LogP contribution in [0.15, 0.2) is 48.5 Å². The number of nitrogens with zero attached hydrogens (tertiary/aromatic N) is 2. The minimum absolute atomic E-state index is 0.154. The molecule has 1 aliphatic rings. The molecule has 0 spiro atoms. The summed E-state index contributed by atoms with van der Waals surface area (Å²) < 4.78 is 0. The van der Waals surface area contributed by atoms with Crippen LogP contribution in [-0.2, 0) is 6.54 Å². The number of para-hydroxylation sites is 1. The van der Waals surface area contributed by atoms with Crippen LogP contribution in [-0.4, -0.2) is 29.2 Å². The standard InChI is InChI=1S/C19H20N4O/c24-19(18-16-8-1-2-9-17(16)21-22-18)20-13-14-6-5-7-15(12-14)23-10-3-4-11-23/h1-2,5-9,12H,3-4,10-11,13H2,(H,20,24)(H,21,22).